The number of aryl methyl sites for hydroxylation is 1. The summed E-state index contributed by atoms with van der Waals surface area (Å²) in [7, 11) is -3.57. The maximum Gasteiger partial charge on any atom is 0.340 e. The Morgan fingerprint density at radius 3 is 2.56 bits per heavy atom. The van der Waals surface area contributed by atoms with E-state index in [2.05, 4.69) is 10.3 Å². The van der Waals surface area contributed by atoms with Crippen LogP contribution in [0.25, 0.3) is 33.1 Å². The molecule has 164 valence electrons. The Balaban J connectivity index is 1.50. The molecule has 2 aromatic heterocycles. The SMILES string of the molecule is Cc1c(CC(=O)NNS(=O)(=O)C2CC2)c(=O)oc2cc3occ(-c4ccccc4)c3cc12. The van der Waals surface area contributed by atoms with Crippen molar-refractivity contribution in [1.29, 1.82) is 0 Å². The fourth-order valence-electron chi connectivity index (χ4n) is 3.75. The summed E-state index contributed by atoms with van der Waals surface area (Å²) < 4.78 is 34.9. The largest absolute Gasteiger partial charge is 0.464 e. The molecular weight excluding hydrogens is 432 g/mol. The molecule has 0 atom stereocenters. The van der Waals surface area contributed by atoms with Crippen LogP contribution < -0.4 is 15.9 Å². The Morgan fingerprint density at radius 1 is 1.09 bits per heavy atom. The molecule has 4 aromatic rings. The fraction of sp³-hybridized carbons (Fsp3) is 0.217. The normalized spacial score (nSPS) is 14.2. The monoisotopic (exact) mass is 452 g/mol. The standard InChI is InChI=1S/C23H20N2O6S/c1-13-16-9-18-19(14-5-3-2-4-6-14)12-30-20(18)11-21(16)31-23(27)17(13)10-22(26)24-25-32(28,29)15-7-8-15/h2-6,9,11-12,15,25H,7-8,10H2,1H3,(H,24,26). The zero-order valence-corrected chi connectivity index (χ0v) is 18.0. The van der Waals surface area contributed by atoms with Crippen LogP contribution in [0.2, 0.25) is 0 Å². The number of carbonyl (C=O) groups is 1. The number of amides is 1. The van der Waals surface area contributed by atoms with Crippen molar-refractivity contribution >= 4 is 37.9 Å². The van der Waals surface area contributed by atoms with Gasteiger partial charge in [-0.3, -0.25) is 10.2 Å². The zero-order chi connectivity index (χ0) is 22.5. The van der Waals surface area contributed by atoms with Crippen molar-refractivity contribution in [3.63, 3.8) is 0 Å². The molecule has 1 aliphatic rings. The molecule has 0 aliphatic heterocycles. The number of hydrazine groups is 1. The molecule has 0 spiro atoms. The molecule has 1 amide bonds. The van der Waals surface area contributed by atoms with Gasteiger partial charge in [0.05, 0.1) is 23.5 Å². The van der Waals surface area contributed by atoms with E-state index in [1.54, 1.807) is 19.3 Å². The Morgan fingerprint density at radius 2 is 1.84 bits per heavy atom. The van der Waals surface area contributed by atoms with E-state index >= 15 is 0 Å². The van der Waals surface area contributed by atoms with Crippen LogP contribution in [0.1, 0.15) is 24.0 Å². The van der Waals surface area contributed by atoms with Crippen molar-refractivity contribution < 1.29 is 22.0 Å². The van der Waals surface area contributed by atoms with Crippen molar-refractivity contribution in [3.8, 4) is 11.1 Å². The van der Waals surface area contributed by atoms with E-state index in [1.807, 2.05) is 36.4 Å². The fourth-order valence-corrected chi connectivity index (χ4v) is 4.93. The summed E-state index contributed by atoms with van der Waals surface area (Å²) in [4.78, 5) is 27.0. The number of sulfonamides is 1. The first kappa shape index (κ1) is 20.5. The van der Waals surface area contributed by atoms with Crippen molar-refractivity contribution in [2.24, 2.45) is 0 Å². The molecule has 0 bridgehead atoms. The van der Waals surface area contributed by atoms with Gasteiger partial charge in [-0.25, -0.2) is 13.2 Å². The number of furan rings is 1. The number of fused-ring (bicyclic) bond motifs is 2. The molecule has 2 N–H and O–H groups in total. The lowest BCUT2D eigenvalue weighted by molar-refractivity contribution is -0.120. The Labute approximate surface area is 183 Å². The molecule has 9 heteroatoms. The maximum atomic E-state index is 12.6. The van der Waals surface area contributed by atoms with Gasteiger partial charge in [0.1, 0.15) is 11.2 Å². The molecule has 0 radical (unpaired) electrons. The molecule has 2 heterocycles. The summed E-state index contributed by atoms with van der Waals surface area (Å²) in [5.41, 5.74) is 5.13. The van der Waals surface area contributed by atoms with Gasteiger partial charge in [-0.15, -0.1) is 4.83 Å². The van der Waals surface area contributed by atoms with Crippen molar-refractivity contribution in [2.45, 2.75) is 31.4 Å². The first-order valence-corrected chi connectivity index (χ1v) is 11.7. The van der Waals surface area contributed by atoms with Crippen LogP contribution in [0.4, 0.5) is 0 Å². The molecule has 8 nitrogen and oxygen atoms in total. The van der Waals surface area contributed by atoms with Crippen LogP contribution in [-0.2, 0) is 21.2 Å². The highest BCUT2D eigenvalue weighted by Gasteiger charge is 2.35. The van der Waals surface area contributed by atoms with Gasteiger partial charge in [-0.2, -0.15) is 0 Å². The third-order valence-electron chi connectivity index (χ3n) is 5.70. The number of benzene rings is 2. The highest BCUT2D eigenvalue weighted by molar-refractivity contribution is 7.90. The second-order valence-electron chi connectivity index (χ2n) is 7.92. The van der Waals surface area contributed by atoms with Crippen LogP contribution in [0.5, 0.6) is 0 Å². The van der Waals surface area contributed by atoms with E-state index in [0.29, 0.717) is 35.0 Å². The minimum atomic E-state index is -3.57. The molecule has 0 saturated heterocycles. The van der Waals surface area contributed by atoms with Gasteiger partial charge >= 0.3 is 5.63 Å². The van der Waals surface area contributed by atoms with Gasteiger partial charge in [-0.1, -0.05) is 30.3 Å². The molecule has 5 rings (SSSR count). The van der Waals surface area contributed by atoms with Gasteiger partial charge in [0.2, 0.25) is 15.9 Å². The van der Waals surface area contributed by atoms with Gasteiger partial charge in [0.15, 0.2) is 0 Å². The minimum absolute atomic E-state index is 0.171. The van der Waals surface area contributed by atoms with Crippen LogP contribution in [-0.4, -0.2) is 19.6 Å². The van der Waals surface area contributed by atoms with Gasteiger partial charge < -0.3 is 8.83 Å². The molecular formula is C23H20N2O6S. The topological polar surface area (TPSA) is 119 Å². The quantitative estimate of drug-likeness (QED) is 0.343. The summed E-state index contributed by atoms with van der Waals surface area (Å²) in [6, 6.07) is 13.3. The Bertz CT molecular complexity index is 1520. The molecule has 32 heavy (non-hydrogen) atoms. The van der Waals surface area contributed by atoms with Gasteiger partial charge in [0.25, 0.3) is 0 Å². The third-order valence-corrected chi connectivity index (χ3v) is 7.44. The number of hydrogen-bond acceptors (Lipinski definition) is 6. The highest BCUT2D eigenvalue weighted by Crippen LogP contribution is 2.34. The summed E-state index contributed by atoms with van der Waals surface area (Å²) in [6.45, 7) is 1.74. The van der Waals surface area contributed by atoms with E-state index in [-0.39, 0.29) is 12.0 Å². The maximum absolute atomic E-state index is 12.6. The first-order chi connectivity index (χ1) is 15.3. The third kappa shape index (κ3) is 3.69. The second-order valence-corrected chi connectivity index (χ2v) is 9.89. The van der Waals surface area contributed by atoms with Crippen molar-refractivity contribution in [1.82, 2.24) is 10.3 Å². The zero-order valence-electron chi connectivity index (χ0n) is 17.2. The summed E-state index contributed by atoms with van der Waals surface area (Å²) in [6.07, 6.45) is 2.50. The minimum Gasteiger partial charge on any atom is -0.464 e. The van der Waals surface area contributed by atoms with Gasteiger partial charge in [-0.05, 0) is 37.0 Å². The first-order valence-electron chi connectivity index (χ1n) is 10.2. The van der Waals surface area contributed by atoms with Crippen LogP contribution in [0, 0.1) is 6.92 Å². The van der Waals surface area contributed by atoms with E-state index < -0.39 is 26.8 Å². The average Bonchev–Trinajstić information content (AvgIpc) is 3.56. The van der Waals surface area contributed by atoms with E-state index in [0.717, 1.165) is 16.5 Å². The molecule has 1 fully saturated rings. The van der Waals surface area contributed by atoms with Crippen molar-refractivity contribution in [2.75, 3.05) is 0 Å². The lowest BCUT2D eigenvalue weighted by atomic mass is 9.99. The summed E-state index contributed by atoms with van der Waals surface area (Å²) in [5.74, 6) is -0.640. The predicted molar refractivity (Wildman–Crippen MR) is 119 cm³/mol. The van der Waals surface area contributed by atoms with E-state index in [4.69, 9.17) is 8.83 Å². The summed E-state index contributed by atoms with van der Waals surface area (Å²) >= 11 is 0. The van der Waals surface area contributed by atoms with E-state index in [1.165, 1.54) is 0 Å². The average molecular weight is 452 g/mol. The Hall–Kier alpha value is -3.43. The smallest absolute Gasteiger partial charge is 0.340 e. The van der Waals surface area contributed by atoms with E-state index in [9.17, 15) is 18.0 Å². The van der Waals surface area contributed by atoms with Crippen LogP contribution in [0.15, 0.2) is 62.4 Å². The van der Waals surface area contributed by atoms with Crippen LogP contribution >= 0.6 is 0 Å². The number of hydrogen-bond donors (Lipinski definition) is 2. The lowest BCUT2D eigenvalue weighted by Crippen LogP contribution is -2.44. The molecule has 0 unspecified atom stereocenters. The molecule has 2 aromatic carbocycles. The lowest BCUT2D eigenvalue weighted by Gasteiger charge is -2.10. The highest BCUT2D eigenvalue weighted by atomic mass is 32.2. The predicted octanol–water partition coefficient (Wildman–Crippen LogP) is 3.17. The number of rotatable bonds is 6. The number of carbonyl (C=O) groups excluding carboxylic acids is 1. The summed E-state index contributed by atoms with van der Waals surface area (Å²) in [5, 5.41) is 1.07. The number of nitrogens with one attached hydrogen (secondary N) is 2. The van der Waals surface area contributed by atoms with Crippen molar-refractivity contribution in [3.05, 3.63) is 70.3 Å². The van der Waals surface area contributed by atoms with Crippen LogP contribution in [0.3, 0.4) is 0 Å². The second kappa shape index (κ2) is 7.61. The molecule has 1 aliphatic carbocycles. The van der Waals surface area contributed by atoms with Gasteiger partial charge in [0, 0.05) is 22.4 Å². The molecule has 1 saturated carbocycles. The Kier molecular flexibility index (Phi) is 4.87.